The molecule has 0 aliphatic rings. The van der Waals surface area contributed by atoms with Gasteiger partial charge in [0.1, 0.15) is 12.4 Å². The van der Waals surface area contributed by atoms with E-state index in [4.69, 9.17) is 25.8 Å². The molecule has 0 bridgehead atoms. The number of halogens is 1. The van der Waals surface area contributed by atoms with Crippen molar-refractivity contribution in [3.63, 3.8) is 0 Å². The number of hydrogen-bond acceptors (Lipinski definition) is 7. The van der Waals surface area contributed by atoms with Crippen LogP contribution >= 0.6 is 11.6 Å². The predicted molar refractivity (Wildman–Crippen MR) is 111 cm³/mol. The minimum Gasteiger partial charge on any atom is -0.493 e. The molecular formula is C21H22ClN3O4. The standard InChI is InChI=1S/C21H22ClN3O4/c1-27-18-7-6-15(9-19(18)28-2)17(26)10-24-20-11-23-12-21(25-20)29-13-14-4-3-5-16(22)8-14/h3-9,11-12,17,26H,10,13H2,1-2H3,(H,24,25). The second-order valence-corrected chi connectivity index (χ2v) is 6.61. The van der Waals surface area contributed by atoms with Crippen LogP contribution in [0.15, 0.2) is 54.9 Å². The van der Waals surface area contributed by atoms with Crippen LogP contribution in [0.5, 0.6) is 17.4 Å². The molecule has 0 aliphatic heterocycles. The molecule has 8 heteroatoms. The molecular weight excluding hydrogens is 394 g/mol. The number of aliphatic hydroxyl groups is 1. The summed E-state index contributed by atoms with van der Waals surface area (Å²) in [6.45, 7) is 0.564. The van der Waals surface area contributed by atoms with Crippen LogP contribution in [0.25, 0.3) is 0 Å². The first-order valence-corrected chi connectivity index (χ1v) is 9.30. The van der Waals surface area contributed by atoms with E-state index in [0.717, 1.165) is 5.56 Å². The molecule has 0 saturated heterocycles. The summed E-state index contributed by atoms with van der Waals surface area (Å²) in [5.74, 6) is 2.02. The summed E-state index contributed by atoms with van der Waals surface area (Å²) in [5, 5.41) is 14.2. The van der Waals surface area contributed by atoms with Gasteiger partial charge >= 0.3 is 0 Å². The van der Waals surface area contributed by atoms with Crippen LogP contribution in [0.2, 0.25) is 5.02 Å². The number of hydrogen-bond donors (Lipinski definition) is 2. The molecule has 2 N–H and O–H groups in total. The Hall–Kier alpha value is -3.03. The average Bonchev–Trinajstić information content (AvgIpc) is 2.76. The number of aromatic nitrogens is 2. The molecule has 7 nitrogen and oxygen atoms in total. The Morgan fingerprint density at radius 2 is 1.90 bits per heavy atom. The van der Waals surface area contributed by atoms with Crippen LogP contribution in [0.3, 0.4) is 0 Å². The number of ether oxygens (including phenoxy) is 3. The summed E-state index contributed by atoms with van der Waals surface area (Å²) in [5.41, 5.74) is 1.62. The van der Waals surface area contributed by atoms with Crippen molar-refractivity contribution in [3.8, 4) is 17.4 Å². The Kier molecular flexibility index (Phi) is 7.10. The lowest BCUT2D eigenvalue weighted by molar-refractivity contribution is 0.191. The number of aliphatic hydroxyl groups excluding tert-OH is 1. The van der Waals surface area contributed by atoms with Gasteiger partial charge in [-0.1, -0.05) is 29.8 Å². The van der Waals surface area contributed by atoms with E-state index in [2.05, 4.69) is 15.3 Å². The second kappa shape index (κ2) is 9.95. The van der Waals surface area contributed by atoms with E-state index in [9.17, 15) is 5.11 Å². The fraction of sp³-hybridized carbons (Fsp3) is 0.238. The van der Waals surface area contributed by atoms with Crippen LogP contribution in [-0.4, -0.2) is 35.8 Å². The van der Waals surface area contributed by atoms with Gasteiger partial charge in [0.15, 0.2) is 11.5 Å². The molecule has 2 aromatic carbocycles. The normalized spacial score (nSPS) is 11.6. The molecule has 1 aromatic heterocycles. The molecule has 0 amide bonds. The molecule has 29 heavy (non-hydrogen) atoms. The van der Waals surface area contributed by atoms with Crippen molar-refractivity contribution in [2.75, 3.05) is 26.1 Å². The van der Waals surface area contributed by atoms with Crippen molar-refractivity contribution in [2.24, 2.45) is 0 Å². The van der Waals surface area contributed by atoms with Gasteiger partial charge in [-0.25, -0.2) is 0 Å². The summed E-state index contributed by atoms with van der Waals surface area (Å²) in [6, 6.07) is 12.7. The zero-order valence-electron chi connectivity index (χ0n) is 16.1. The van der Waals surface area contributed by atoms with E-state index >= 15 is 0 Å². The van der Waals surface area contributed by atoms with Gasteiger partial charge in [0.2, 0.25) is 5.88 Å². The smallest absolute Gasteiger partial charge is 0.234 e. The van der Waals surface area contributed by atoms with Crippen LogP contribution in [0.1, 0.15) is 17.2 Å². The predicted octanol–water partition coefficient (Wildman–Crippen LogP) is 3.87. The van der Waals surface area contributed by atoms with Gasteiger partial charge in [-0.2, -0.15) is 4.98 Å². The Morgan fingerprint density at radius 1 is 1.07 bits per heavy atom. The molecule has 1 unspecified atom stereocenters. The maximum absolute atomic E-state index is 10.5. The molecule has 0 fully saturated rings. The Morgan fingerprint density at radius 3 is 2.66 bits per heavy atom. The van der Waals surface area contributed by atoms with Crippen molar-refractivity contribution >= 4 is 17.4 Å². The fourth-order valence-electron chi connectivity index (χ4n) is 2.67. The summed E-state index contributed by atoms with van der Waals surface area (Å²) in [7, 11) is 3.12. The molecule has 3 rings (SSSR count). The molecule has 0 spiro atoms. The first kappa shape index (κ1) is 20.7. The first-order chi connectivity index (χ1) is 14.1. The zero-order valence-corrected chi connectivity index (χ0v) is 16.9. The number of methoxy groups -OCH3 is 2. The molecule has 1 heterocycles. The maximum atomic E-state index is 10.5. The summed E-state index contributed by atoms with van der Waals surface area (Å²) >= 11 is 5.98. The Bertz CT molecular complexity index is 955. The molecule has 0 aliphatic carbocycles. The van der Waals surface area contributed by atoms with Crippen molar-refractivity contribution in [1.82, 2.24) is 9.97 Å². The van der Waals surface area contributed by atoms with E-state index < -0.39 is 6.10 Å². The van der Waals surface area contributed by atoms with Crippen molar-refractivity contribution < 1.29 is 19.3 Å². The highest BCUT2D eigenvalue weighted by molar-refractivity contribution is 6.30. The number of nitrogens with one attached hydrogen (secondary N) is 1. The third kappa shape index (κ3) is 5.73. The van der Waals surface area contributed by atoms with E-state index in [1.54, 1.807) is 44.7 Å². The van der Waals surface area contributed by atoms with Crippen molar-refractivity contribution in [3.05, 3.63) is 71.0 Å². The van der Waals surface area contributed by atoms with Crippen molar-refractivity contribution in [2.45, 2.75) is 12.7 Å². The lowest BCUT2D eigenvalue weighted by Gasteiger charge is -2.15. The number of rotatable bonds is 9. The summed E-state index contributed by atoms with van der Waals surface area (Å²) in [4.78, 5) is 8.47. The highest BCUT2D eigenvalue weighted by Crippen LogP contribution is 2.30. The highest BCUT2D eigenvalue weighted by Gasteiger charge is 2.12. The number of anilines is 1. The van der Waals surface area contributed by atoms with Gasteiger partial charge in [-0.05, 0) is 35.4 Å². The number of nitrogens with zero attached hydrogens (tertiary/aromatic N) is 2. The highest BCUT2D eigenvalue weighted by atomic mass is 35.5. The van der Waals surface area contributed by atoms with Crippen LogP contribution < -0.4 is 19.5 Å². The third-order valence-electron chi connectivity index (χ3n) is 4.16. The quantitative estimate of drug-likeness (QED) is 0.548. The molecule has 152 valence electrons. The molecule has 0 radical (unpaired) electrons. The minimum atomic E-state index is -0.771. The van der Waals surface area contributed by atoms with E-state index in [0.29, 0.717) is 40.4 Å². The summed E-state index contributed by atoms with van der Waals surface area (Å²) in [6.07, 6.45) is 2.32. The second-order valence-electron chi connectivity index (χ2n) is 6.17. The molecule has 3 aromatic rings. The van der Waals surface area contributed by atoms with E-state index in [1.165, 1.54) is 6.20 Å². The van der Waals surface area contributed by atoms with E-state index in [1.807, 2.05) is 18.2 Å². The monoisotopic (exact) mass is 415 g/mol. The molecule has 0 saturated carbocycles. The zero-order chi connectivity index (χ0) is 20.6. The van der Waals surface area contributed by atoms with Crippen LogP contribution in [-0.2, 0) is 6.61 Å². The fourth-order valence-corrected chi connectivity index (χ4v) is 2.88. The largest absolute Gasteiger partial charge is 0.493 e. The van der Waals surface area contributed by atoms with Gasteiger partial charge in [0.25, 0.3) is 0 Å². The van der Waals surface area contributed by atoms with Gasteiger partial charge in [-0.15, -0.1) is 0 Å². The lowest BCUT2D eigenvalue weighted by atomic mass is 10.1. The van der Waals surface area contributed by atoms with Gasteiger partial charge in [0.05, 0.1) is 32.7 Å². The van der Waals surface area contributed by atoms with Crippen molar-refractivity contribution in [1.29, 1.82) is 0 Å². The first-order valence-electron chi connectivity index (χ1n) is 8.92. The Labute approximate surface area is 174 Å². The maximum Gasteiger partial charge on any atom is 0.234 e. The van der Waals surface area contributed by atoms with Crippen LogP contribution in [0.4, 0.5) is 5.82 Å². The van der Waals surface area contributed by atoms with Crippen LogP contribution in [0, 0.1) is 0 Å². The SMILES string of the molecule is COc1ccc(C(O)CNc2cncc(OCc3cccc(Cl)c3)n2)cc1OC. The lowest BCUT2D eigenvalue weighted by Crippen LogP contribution is -2.13. The number of benzene rings is 2. The Balaban J connectivity index is 1.58. The van der Waals surface area contributed by atoms with Gasteiger partial charge < -0.3 is 24.6 Å². The average molecular weight is 416 g/mol. The van der Waals surface area contributed by atoms with Gasteiger partial charge in [-0.3, -0.25) is 4.98 Å². The molecule has 1 atom stereocenters. The third-order valence-corrected chi connectivity index (χ3v) is 4.39. The van der Waals surface area contributed by atoms with E-state index in [-0.39, 0.29) is 6.54 Å². The topological polar surface area (TPSA) is 85.7 Å². The van der Waals surface area contributed by atoms with Gasteiger partial charge in [0, 0.05) is 11.6 Å². The minimum absolute atomic E-state index is 0.238. The summed E-state index contributed by atoms with van der Waals surface area (Å²) < 4.78 is 16.2.